The predicted molar refractivity (Wildman–Crippen MR) is 76.4 cm³/mol. The minimum atomic E-state index is 0.0629. The number of para-hydroxylation sites is 1. The Balaban J connectivity index is 1.78. The maximum atomic E-state index is 11.3. The average molecular weight is 273 g/mol. The van der Waals surface area contributed by atoms with Gasteiger partial charge in [-0.05, 0) is 19.1 Å². The summed E-state index contributed by atoms with van der Waals surface area (Å²) in [4.78, 5) is 12.9. The number of benzene rings is 1. The van der Waals surface area contributed by atoms with E-state index in [-0.39, 0.29) is 5.91 Å². The third-order valence-electron chi connectivity index (χ3n) is 2.74. The van der Waals surface area contributed by atoms with Crippen LogP contribution in [0.3, 0.4) is 0 Å². The molecule has 2 aromatic rings. The van der Waals surface area contributed by atoms with Crippen LogP contribution in [0.5, 0.6) is 0 Å². The minimum absolute atomic E-state index is 0.0629. The van der Waals surface area contributed by atoms with E-state index in [4.69, 9.17) is 0 Å². The van der Waals surface area contributed by atoms with Crippen LogP contribution in [-0.2, 0) is 11.3 Å². The number of nitrogens with one attached hydrogen (secondary N) is 2. The van der Waals surface area contributed by atoms with Crippen LogP contribution in [0.25, 0.3) is 5.69 Å². The second-order valence-corrected chi connectivity index (χ2v) is 4.34. The number of carbonyl (C=O) groups excluding carboxylic acids is 1. The van der Waals surface area contributed by atoms with Gasteiger partial charge in [-0.3, -0.25) is 4.79 Å². The maximum Gasteiger partial charge on any atom is 0.221 e. The lowest BCUT2D eigenvalue weighted by molar-refractivity contribution is -0.120. The molecule has 0 unspecified atom stereocenters. The predicted octanol–water partition coefficient (Wildman–Crippen LogP) is 0.883. The largest absolute Gasteiger partial charge is 0.356 e. The molecule has 6 heteroatoms. The molecule has 0 aliphatic carbocycles. The molecule has 0 saturated heterocycles. The molecule has 0 radical (unpaired) electrons. The minimum Gasteiger partial charge on any atom is -0.356 e. The average Bonchev–Trinajstić information content (AvgIpc) is 2.94. The fraction of sp³-hybridized carbons (Fsp3) is 0.357. The molecule has 1 aromatic heterocycles. The van der Waals surface area contributed by atoms with Gasteiger partial charge < -0.3 is 10.6 Å². The van der Waals surface area contributed by atoms with Crippen molar-refractivity contribution in [3.05, 3.63) is 42.2 Å². The fourth-order valence-electron chi connectivity index (χ4n) is 1.77. The molecule has 1 amide bonds. The number of aromatic nitrogens is 3. The molecule has 0 saturated carbocycles. The van der Waals surface area contributed by atoms with Gasteiger partial charge in [0.05, 0.1) is 17.6 Å². The number of amides is 1. The van der Waals surface area contributed by atoms with Gasteiger partial charge in [0.1, 0.15) is 0 Å². The van der Waals surface area contributed by atoms with Crippen molar-refractivity contribution in [2.75, 3.05) is 13.1 Å². The summed E-state index contributed by atoms with van der Waals surface area (Å²) in [5.41, 5.74) is 1.78. The highest BCUT2D eigenvalue weighted by Gasteiger charge is 2.03. The SMILES string of the molecule is CCNC(=O)CCNCc1cnn(-c2ccccc2)n1. The first kappa shape index (κ1) is 14.2. The first-order valence-corrected chi connectivity index (χ1v) is 6.73. The summed E-state index contributed by atoms with van der Waals surface area (Å²) in [5.74, 6) is 0.0629. The van der Waals surface area contributed by atoms with E-state index in [1.807, 2.05) is 37.3 Å². The van der Waals surface area contributed by atoms with Gasteiger partial charge in [0, 0.05) is 26.1 Å². The van der Waals surface area contributed by atoms with Crippen LogP contribution in [0.15, 0.2) is 36.5 Å². The molecular weight excluding hydrogens is 254 g/mol. The van der Waals surface area contributed by atoms with Gasteiger partial charge in [-0.15, -0.1) is 0 Å². The van der Waals surface area contributed by atoms with Crippen molar-refractivity contribution in [3.8, 4) is 5.69 Å². The molecule has 0 atom stereocenters. The van der Waals surface area contributed by atoms with Crippen molar-refractivity contribution in [2.45, 2.75) is 19.9 Å². The van der Waals surface area contributed by atoms with Crippen molar-refractivity contribution >= 4 is 5.91 Å². The molecule has 1 heterocycles. The Bertz CT molecular complexity index is 538. The van der Waals surface area contributed by atoms with E-state index in [0.29, 0.717) is 26.1 Å². The lowest BCUT2D eigenvalue weighted by Crippen LogP contribution is -2.27. The molecule has 0 fully saturated rings. The molecule has 6 nitrogen and oxygen atoms in total. The fourth-order valence-corrected chi connectivity index (χ4v) is 1.77. The topological polar surface area (TPSA) is 71.8 Å². The van der Waals surface area contributed by atoms with Crippen LogP contribution in [0.4, 0.5) is 0 Å². The molecule has 0 aliphatic heterocycles. The van der Waals surface area contributed by atoms with E-state index in [9.17, 15) is 4.79 Å². The van der Waals surface area contributed by atoms with E-state index in [1.165, 1.54) is 0 Å². The van der Waals surface area contributed by atoms with E-state index in [0.717, 1.165) is 11.4 Å². The van der Waals surface area contributed by atoms with Crippen LogP contribution >= 0.6 is 0 Å². The molecule has 0 spiro atoms. The van der Waals surface area contributed by atoms with Gasteiger partial charge in [0.15, 0.2) is 0 Å². The highest BCUT2D eigenvalue weighted by atomic mass is 16.1. The summed E-state index contributed by atoms with van der Waals surface area (Å²) in [5, 5.41) is 14.5. The third-order valence-corrected chi connectivity index (χ3v) is 2.74. The van der Waals surface area contributed by atoms with Crippen molar-refractivity contribution in [2.24, 2.45) is 0 Å². The van der Waals surface area contributed by atoms with Crippen molar-refractivity contribution in [1.82, 2.24) is 25.6 Å². The summed E-state index contributed by atoms with van der Waals surface area (Å²) >= 11 is 0. The first-order valence-electron chi connectivity index (χ1n) is 6.73. The van der Waals surface area contributed by atoms with Gasteiger partial charge in [-0.25, -0.2) is 0 Å². The lowest BCUT2D eigenvalue weighted by atomic mass is 10.3. The Morgan fingerprint density at radius 1 is 1.30 bits per heavy atom. The monoisotopic (exact) mass is 273 g/mol. The quantitative estimate of drug-likeness (QED) is 0.735. The molecule has 0 aliphatic rings. The molecule has 106 valence electrons. The van der Waals surface area contributed by atoms with Crippen molar-refractivity contribution in [1.29, 1.82) is 0 Å². The molecular formula is C14H19N5O. The molecule has 0 bridgehead atoms. The second kappa shape index (κ2) is 7.40. The Morgan fingerprint density at radius 2 is 2.10 bits per heavy atom. The number of hydrogen-bond acceptors (Lipinski definition) is 4. The zero-order chi connectivity index (χ0) is 14.2. The van der Waals surface area contributed by atoms with Crippen LogP contribution in [0.2, 0.25) is 0 Å². The van der Waals surface area contributed by atoms with E-state index >= 15 is 0 Å². The van der Waals surface area contributed by atoms with Crippen molar-refractivity contribution in [3.63, 3.8) is 0 Å². The number of nitrogens with zero attached hydrogens (tertiary/aromatic N) is 3. The van der Waals surface area contributed by atoms with Crippen LogP contribution in [0, 0.1) is 0 Å². The molecule has 2 N–H and O–H groups in total. The first-order chi connectivity index (χ1) is 9.79. The van der Waals surface area contributed by atoms with Gasteiger partial charge in [0.25, 0.3) is 0 Å². The summed E-state index contributed by atoms with van der Waals surface area (Å²) in [6.07, 6.45) is 2.20. The summed E-state index contributed by atoms with van der Waals surface area (Å²) in [6.45, 7) is 3.81. The standard InChI is InChI=1S/C14H19N5O/c1-2-16-14(20)8-9-15-10-12-11-17-19(18-12)13-6-4-3-5-7-13/h3-7,11,15H,2,8-10H2,1H3,(H,16,20). The molecule has 1 aromatic carbocycles. The third kappa shape index (κ3) is 4.17. The van der Waals surface area contributed by atoms with Gasteiger partial charge in [0.2, 0.25) is 5.91 Å². The highest BCUT2D eigenvalue weighted by Crippen LogP contribution is 2.03. The zero-order valence-electron chi connectivity index (χ0n) is 11.5. The number of rotatable bonds is 7. The number of hydrogen-bond donors (Lipinski definition) is 2. The van der Waals surface area contributed by atoms with E-state index in [2.05, 4.69) is 20.8 Å². The van der Waals surface area contributed by atoms with Crippen LogP contribution in [0.1, 0.15) is 19.0 Å². The highest BCUT2D eigenvalue weighted by molar-refractivity contribution is 5.75. The van der Waals surface area contributed by atoms with E-state index in [1.54, 1.807) is 11.0 Å². The van der Waals surface area contributed by atoms with Crippen LogP contribution < -0.4 is 10.6 Å². The van der Waals surface area contributed by atoms with Crippen molar-refractivity contribution < 1.29 is 4.79 Å². The summed E-state index contributed by atoms with van der Waals surface area (Å²) in [7, 11) is 0. The van der Waals surface area contributed by atoms with Gasteiger partial charge >= 0.3 is 0 Å². The summed E-state index contributed by atoms with van der Waals surface area (Å²) < 4.78 is 0. The Hall–Kier alpha value is -2.21. The lowest BCUT2D eigenvalue weighted by Gasteiger charge is -2.03. The smallest absolute Gasteiger partial charge is 0.221 e. The van der Waals surface area contributed by atoms with E-state index < -0.39 is 0 Å². The zero-order valence-corrected chi connectivity index (χ0v) is 11.5. The Morgan fingerprint density at radius 3 is 2.85 bits per heavy atom. The van der Waals surface area contributed by atoms with Crippen LogP contribution in [-0.4, -0.2) is 34.0 Å². The number of carbonyl (C=O) groups is 1. The Kier molecular flexibility index (Phi) is 5.25. The Labute approximate surface area is 118 Å². The van der Waals surface area contributed by atoms with Gasteiger partial charge in [-0.1, -0.05) is 18.2 Å². The maximum absolute atomic E-state index is 11.3. The molecule has 2 rings (SSSR count). The molecule has 20 heavy (non-hydrogen) atoms. The second-order valence-electron chi connectivity index (χ2n) is 4.34. The normalized spacial score (nSPS) is 10.4. The summed E-state index contributed by atoms with van der Waals surface area (Å²) in [6, 6.07) is 9.75. The van der Waals surface area contributed by atoms with Gasteiger partial charge in [-0.2, -0.15) is 15.0 Å².